The summed E-state index contributed by atoms with van der Waals surface area (Å²) in [5, 5.41) is 5.26. The molecule has 28 heavy (non-hydrogen) atoms. The van der Waals surface area contributed by atoms with Gasteiger partial charge >= 0.3 is 0 Å². The molecule has 2 N–H and O–H groups in total. The number of hydrogen-bond acceptors (Lipinski definition) is 4. The van der Waals surface area contributed by atoms with Crippen LogP contribution in [0.4, 0.5) is 11.4 Å². The maximum absolute atomic E-state index is 12.0. The van der Waals surface area contributed by atoms with Gasteiger partial charge in [-0.1, -0.05) is 36.4 Å². The van der Waals surface area contributed by atoms with Gasteiger partial charge in [0.2, 0.25) is 6.41 Å². The van der Waals surface area contributed by atoms with E-state index in [1.165, 1.54) is 6.20 Å². The smallest absolute Gasteiger partial charge is 0.255 e. The molecule has 3 rings (SSSR count). The Morgan fingerprint density at radius 2 is 1.71 bits per heavy atom. The Hall–Kier alpha value is -3.67. The minimum Gasteiger partial charge on any atom is -0.494 e. The van der Waals surface area contributed by atoms with Crippen molar-refractivity contribution < 1.29 is 14.3 Å². The van der Waals surface area contributed by atoms with Crippen LogP contribution in [-0.4, -0.2) is 23.9 Å². The van der Waals surface area contributed by atoms with Gasteiger partial charge in [-0.15, -0.1) is 0 Å². The Bertz CT molecular complexity index is 884. The number of carbonyl (C=O) groups is 2. The monoisotopic (exact) mass is 377 g/mol. The van der Waals surface area contributed by atoms with Crippen LogP contribution in [0.5, 0.6) is 5.75 Å². The lowest BCUT2D eigenvalue weighted by atomic mass is 10.2. The maximum Gasteiger partial charge on any atom is 0.255 e. The molecule has 2 aromatic carbocycles. The lowest BCUT2D eigenvalue weighted by molar-refractivity contribution is -0.105. The molecule has 0 fully saturated rings. The van der Waals surface area contributed by atoms with Gasteiger partial charge in [0.1, 0.15) is 5.75 Å². The summed E-state index contributed by atoms with van der Waals surface area (Å²) in [6.07, 6.45) is 2.09. The molecule has 0 atom stereocenters. The molecule has 2 amide bonds. The first-order valence-electron chi connectivity index (χ1n) is 8.85. The van der Waals surface area contributed by atoms with Gasteiger partial charge < -0.3 is 15.4 Å². The van der Waals surface area contributed by atoms with E-state index in [2.05, 4.69) is 15.6 Å². The van der Waals surface area contributed by atoms with Gasteiger partial charge in [-0.2, -0.15) is 0 Å². The number of ether oxygens (including phenoxy) is 1. The molecule has 144 valence electrons. The average molecular weight is 377 g/mol. The molecule has 0 radical (unpaired) electrons. The van der Waals surface area contributed by atoms with Crippen LogP contribution in [0.25, 0.3) is 0 Å². The van der Waals surface area contributed by atoms with Crippen LogP contribution in [0.2, 0.25) is 0 Å². The first kappa shape index (κ1) is 20.6. The second-order valence-corrected chi connectivity index (χ2v) is 5.69. The number of aryl methyl sites for hydroxylation is 1. The largest absolute Gasteiger partial charge is 0.494 e. The highest BCUT2D eigenvalue weighted by Crippen LogP contribution is 2.18. The molecule has 0 bridgehead atoms. The molecule has 0 aliphatic heterocycles. The van der Waals surface area contributed by atoms with Gasteiger partial charge in [0, 0.05) is 5.56 Å². The third kappa shape index (κ3) is 6.57. The molecule has 0 aliphatic carbocycles. The van der Waals surface area contributed by atoms with Gasteiger partial charge in [0.05, 0.1) is 29.9 Å². The summed E-state index contributed by atoms with van der Waals surface area (Å²) < 4.78 is 5.21. The standard InChI is InChI=1S/C14H13N3O2.C8H10O/c1-10-13(7-12(8-15-10)16-9-18)17-14(19)11-5-3-2-4-6-11;1-2-9-8-6-4-3-5-7-8/h2-9H,1H3,(H,16,18)(H,17,19);3-7H,2H2,1H3. The van der Waals surface area contributed by atoms with Crippen molar-refractivity contribution in [1.82, 2.24) is 4.98 Å². The number of pyridine rings is 1. The van der Waals surface area contributed by atoms with Crippen molar-refractivity contribution in [2.24, 2.45) is 0 Å². The molecule has 3 aromatic rings. The molecule has 0 aliphatic rings. The van der Waals surface area contributed by atoms with E-state index in [1.807, 2.05) is 43.3 Å². The Morgan fingerprint density at radius 1 is 1.07 bits per heavy atom. The third-order valence-corrected chi connectivity index (χ3v) is 3.65. The van der Waals surface area contributed by atoms with Crippen molar-refractivity contribution in [2.45, 2.75) is 13.8 Å². The highest BCUT2D eigenvalue weighted by atomic mass is 16.5. The lowest BCUT2D eigenvalue weighted by Gasteiger charge is -2.09. The number of anilines is 2. The van der Waals surface area contributed by atoms with E-state index < -0.39 is 0 Å². The number of carbonyl (C=O) groups excluding carboxylic acids is 2. The zero-order valence-corrected chi connectivity index (χ0v) is 15.9. The first-order valence-corrected chi connectivity index (χ1v) is 8.85. The molecule has 6 nitrogen and oxygen atoms in total. The number of para-hydroxylation sites is 1. The molecule has 0 spiro atoms. The second-order valence-electron chi connectivity index (χ2n) is 5.69. The van der Waals surface area contributed by atoms with Crippen molar-refractivity contribution in [3.8, 4) is 5.75 Å². The lowest BCUT2D eigenvalue weighted by Crippen LogP contribution is -2.13. The predicted octanol–water partition coefficient (Wildman–Crippen LogP) is 4.30. The van der Waals surface area contributed by atoms with Crippen LogP contribution >= 0.6 is 0 Å². The fraction of sp³-hybridized carbons (Fsp3) is 0.136. The maximum atomic E-state index is 12.0. The quantitative estimate of drug-likeness (QED) is 0.628. The zero-order valence-electron chi connectivity index (χ0n) is 15.9. The van der Waals surface area contributed by atoms with Crippen LogP contribution in [0, 0.1) is 6.92 Å². The molecule has 6 heteroatoms. The number of benzene rings is 2. The van der Waals surface area contributed by atoms with Crippen molar-refractivity contribution in [1.29, 1.82) is 0 Å². The average Bonchev–Trinajstić information content (AvgIpc) is 2.73. The summed E-state index contributed by atoms with van der Waals surface area (Å²) in [5.74, 6) is 0.730. The van der Waals surface area contributed by atoms with Crippen LogP contribution in [0.15, 0.2) is 72.9 Å². The summed E-state index contributed by atoms with van der Waals surface area (Å²) in [4.78, 5) is 26.5. The molecule has 0 saturated heterocycles. The Morgan fingerprint density at radius 3 is 2.32 bits per heavy atom. The number of nitrogens with one attached hydrogen (secondary N) is 2. The van der Waals surface area contributed by atoms with E-state index >= 15 is 0 Å². The minimum atomic E-state index is -0.214. The van der Waals surface area contributed by atoms with Crippen molar-refractivity contribution in [2.75, 3.05) is 17.2 Å². The summed E-state index contributed by atoms with van der Waals surface area (Å²) >= 11 is 0. The van der Waals surface area contributed by atoms with Gasteiger partial charge in [-0.25, -0.2) is 0 Å². The fourth-order valence-electron chi connectivity index (χ4n) is 2.27. The second kappa shape index (κ2) is 11.1. The molecule has 1 heterocycles. The van der Waals surface area contributed by atoms with Crippen molar-refractivity contribution in [3.63, 3.8) is 0 Å². The van der Waals surface area contributed by atoms with E-state index in [-0.39, 0.29) is 5.91 Å². The number of rotatable bonds is 6. The Labute approximate surface area is 164 Å². The number of nitrogens with zero attached hydrogens (tertiary/aromatic N) is 1. The summed E-state index contributed by atoms with van der Waals surface area (Å²) in [7, 11) is 0. The van der Waals surface area contributed by atoms with Crippen LogP contribution in [-0.2, 0) is 4.79 Å². The van der Waals surface area contributed by atoms with E-state index in [9.17, 15) is 9.59 Å². The van der Waals surface area contributed by atoms with Gasteiger partial charge in [-0.3, -0.25) is 14.6 Å². The van der Waals surface area contributed by atoms with E-state index in [0.717, 1.165) is 12.4 Å². The normalized spacial score (nSPS) is 9.50. The van der Waals surface area contributed by atoms with Crippen LogP contribution in [0.1, 0.15) is 23.0 Å². The van der Waals surface area contributed by atoms with E-state index in [1.54, 1.807) is 37.3 Å². The Balaban J connectivity index is 0.000000261. The highest BCUT2D eigenvalue weighted by Gasteiger charge is 2.08. The zero-order chi connectivity index (χ0) is 20.2. The molecule has 0 saturated carbocycles. The Kier molecular flexibility index (Phi) is 8.20. The number of amides is 2. The van der Waals surface area contributed by atoms with E-state index in [4.69, 9.17) is 4.74 Å². The summed E-state index contributed by atoms with van der Waals surface area (Å²) in [6.45, 7) is 4.50. The van der Waals surface area contributed by atoms with Crippen molar-refractivity contribution >= 4 is 23.7 Å². The molecular weight excluding hydrogens is 354 g/mol. The molecular formula is C22H23N3O3. The fourth-order valence-corrected chi connectivity index (χ4v) is 2.27. The topological polar surface area (TPSA) is 80.3 Å². The van der Waals surface area contributed by atoms with Gasteiger partial charge in [-0.05, 0) is 44.2 Å². The molecule has 1 aromatic heterocycles. The number of hydrogen-bond donors (Lipinski definition) is 2. The molecule has 0 unspecified atom stereocenters. The minimum absolute atomic E-state index is 0.214. The number of aromatic nitrogens is 1. The first-order chi connectivity index (χ1) is 13.6. The SMILES string of the molecule is CCOc1ccccc1.Cc1ncc(NC=O)cc1NC(=O)c1ccccc1. The van der Waals surface area contributed by atoms with Gasteiger partial charge in [0.25, 0.3) is 5.91 Å². The third-order valence-electron chi connectivity index (χ3n) is 3.65. The van der Waals surface area contributed by atoms with Crippen molar-refractivity contribution in [3.05, 3.63) is 84.2 Å². The van der Waals surface area contributed by atoms with E-state index in [0.29, 0.717) is 29.0 Å². The van der Waals surface area contributed by atoms with Crippen LogP contribution in [0.3, 0.4) is 0 Å². The van der Waals surface area contributed by atoms with Crippen LogP contribution < -0.4 is 15.4 Å². The summed E-state index contributed by atoms with van der Waals surface area (Å²) in [5.41, 5.74) is 2.35. The predicted molar refractivity (Wildman–Crippen MR) is 111 cm³/mol. The summed E-state index contributed by atoms with van der Waals surface area (Å²) in [6, 6.07) is 20.4. The highest BCUT2D eigenvalue weighted by molar-refractivity contribution is 6.04. The van der Waals surface area contributed by atoms with Gasteiger partial charge in [0.15, 0.2) is 0 Å².